The molecule has 0 aromatic heterocycles. The first-order valence-electron chi connectivity index (χ1n) is 9.48. The molecule has 0 aliphatic carbocycles. The number of rotatable bonds is 5. The summed E-state index contributed by atoms with van der Waals surface area (Å²) < 4.78 is 0. The molecule has 0 radical (unpaired) electrons. The van der Waals surface area contributed by atoms with Gasteiger partial charge in [-0.05, 0) is 25.2 Å². The van der Waals surface area contributed by atoms with Crippen LogP contribution in [0.25, 0.3) is 0 Å². The van der Waals surface area contributed by atoms with Crippen molar-refractivity contribution in [1.82, 2.24) is 9.80 Å². The van der Waals surface area contributed by atoms with Gasteiger partial charge in [0.25, 0.3) is 11.8 Å². The van der Waals surface area contributed by atoms with Crippen molar-refractivity contribution < 1.29 is 19.4 Å². The van der Waals surface area contributed by atoms with Crippen molar-refractivity contribution in [1.29, 1.82) is 0 Å². The summed E-state index contributed by atoms with van der Waals surface area (Å²) in [5.74, 6) is -0.838. The molecular formula is C20H21N5O6. The van der Waals surface area contributed by atoms with E-state index in [-0.39, 0.29) is 11.5 Å². The van der Waals surface area contributed by atoms with E-state index in [1.165, 1.54) is 11.9 Å². The molecule has 1 saturated heterocycles. The zero-order chi connectivity index (χ0) is 22.7. The van der Waals surface area contributed by atoms with Crippen LogP contribution in [0.4, 0.5) is 17.1 Å². The molecule has 0 N–H and O–H groups in total. The van der Waals surface area contributed by atoms with Gasteiger partial charge in [-0.3, -0.25) is 29.8 Å². The minimum atomic E-state index is -0.903. The number of carbonyl (C=O) groups is 2. The van der Waals surface area contributed by atoms with E-state index in [2.05, 4.69) is 4.90 Å². The van der Waals surface area contributed by atoms with Crippen molar-refractivity contribution in [2.45, 2.75) is 0 Å². The number of carbonyl (C=O) groups excluding carboxylic acids is 2. The van der Waals surface area contributed by atoms with Crippen LogP contribution in [0, 0.1) is 20.2 Å². The molecule has 0 bridgehead atoms. The summed E-state index contributed by atoms with van der Waals surface area (Å²) in [7, 11) is 3.43. The number of nitro groups is 2. The maximum absolute atomic E-state index is 13.1. The van der Waals surface area contributed by atoms with Gasteiger partial charge in [0.2, 0.25) is 0 Å². The van der Waals surface area contributed by atoms with Crippen LogP contribution in [0.2, 0.25) is 0 Å². The molecule has 0 unspecified atom stereocenters. The highest BCUT2D eigenvalue weighted by Crippen LogP contribution is 2.29. The zero-order valence-corrected chi connectivity index (χ0v) is 17.1. The molecule has 3 rings (SSSR count). The van der Waals surface area contributed by atoms with Crippen LogP contribution < -0.4 is 4.90 Å². The molecule has 2 aromatic carbocycles. The predicted octanol–water partition coefficient (Wildman–Crippen LogP) is 2.17. The lowest BCUT2D eigenvalue weighted by Gasteiger charge is -2.33. The Labute approximate surface area is 177 Å². The monoisotopic (exact) mass is 427 g/mol. The van der Waals surface area contributed by atoms with Crippen LogP contribution in [-0.2, 0) is 0 Å². The lowest BCUT2D eigenvalue weighted by atomic mass is 10.1. The highest BCUT2D eigenvalue weighted by Gasteiger charge is 2.29. The van der Waals surface area contributed by atoms with Crippen LogP contribution in [0.3, 0.4) is 0 Å². The number of anilines is 1. The van der Waals surface area contributed by atoms with Crippen LogP contribution in [0.15, 0.2) is 42.5 Å². The highest BCUT2D eigenvalue weighted by atomic mass is 16.6. The van der Waals surface area contributed by atoms with Gasteiger partial charge in [-0.2, -0.15) is 0 Å². The Morgan fingerprint density at radius 3 is 2.16 bits per heavy atom. The smallest absolute Gasteiger partial charge is 0.336 e. The van der Waals surface area contributed by atoms with Crippen molar-refractivity contribution in [3.05, 3.63) is 73.8 Å². The molecule has 1 aliphatic rings. The number of benzene rings is 2. The Morgan fingerprint density at radius 1 is 0.935 bits per heavy atom. The van der Waals surface area contributed by atoms with Gasteiger partial charge in [-0.1, -0.05) is 12.1 Å². The van der Waals surface area contributed by atoms with Gasteiger partial charge in [-0.15, -0.1) is 0 Å². The van der Waals surface area contributed by atoms with Crippen LogP contribution in [0.5, 0.6) is 0 Å². The Bertz CT molecular complexity index is 1050. The number of nitrogens with zero attached hydrogens (tertiary/aromatic N) is 5. The third-order valence-electron chi connectivity index (χ3n) is 5.21. The first-order chi connectivity index (χ1) is 14.7. The van der Waals surface area contributed by atoms with Gasteiger partial charge in [0.15, 0.2) is 0 Å². The zero-order valence-electron chi connectivity index (χ0n) is 17.1. The summed E-state index contributed by atoms with van der Waals surface area (Å²) in [5.41, 5.74) is -0.890. The Morgan fingerprint density at radius 2 is 1.55 bits per heavy atom. The fourth-order valence-corrected chi connectivity index (χ4v) is 3.39. The summed E-state index contributed by atoms with van der Waals surface area (Å²) in [6.07, 6.45) is 0. The molecule has 0 spiro atoms. The molecule has 2 aromatic rings. The van der Waals surface area contributed by atoms with E-state index in [1.807, 2.05) is 7.05 Å². The summed E-state index contributed by atoms with van der Waals surface area (Å²) in [6, 6.07) is 9.58. The van der Waals surface area contributed by atoms with Crippen molar-refractivity contribution in [2.24, 2.45) is 0 Å². The van der Waals surface area contributed by atoms with E-state index in [1.54, 1.807) is 29.2 Å². The van der Waals surface area contributed by atoms with Crippen molar-refractivity contribution in [3.63, 3.8) is 0 Å². The second-order valence-corrected chi connectivity index (χ2v) is 7.19. The average molecular weight is 427 g/mol. The largest absolute Gasteiger partial charge is 0.346 e. The molecule has 1 heterocycles. The van der Waals surface area contributed by atoms with Crippen LogP contribution in [0.1, 0.15) is 20.7 Å². The van der Waals surface area contributed by atoms with E-state index in [4.69, 9.17) is 0 Å². The quantitative estimate of drug-likeness (QED) is 0.528. The van der Waals surface area contributed by atoms with Crippen LogP contribution in [-0.4, -0.2) is 71.7 Å². The normalized spacial score (nSPS) is 14.2. The van der Waals surface area contributed by atoms with Gasteiger partial charge >= 0.3 is 11.4 Å². The van der Waals surface area contributed by atoms with E-state index in [0.717, 1.165) is 31.3 Å². The molecule has 31 heavy (non-hydrogen) atoms. The topological polar surface area (TPSA) is 130 Å². The van der Waals surface area contributed by atoms with E-state index < -0.39 is 27.1 Å². The molecule has 2 amide bonds. The average Bonchev–Trinajstić information content (AvgIpc) is 2.77. The summed E-state index contributed by atoms with van der Waals surface area (Å²) >= 11 is 0. The molecule has 162 valence electrons. The number of amides is 2. The number of nitro benzene ring substituents is 2. The van der Waals surface area contributed by atoms with Gasteiger partial charge in [-0.25, -0.2) is 0 Å². The first-order valence-corrected chi connectivity index (χ1v) is 9.48. The highest BCUT2D eigenvalue weighted by molar-refractivity contribution is 6.10. The Hall–Kier alpha value is -3.86. The van der Waals surface area contributed by atoms with E-state index in [9.17, 15) is 29.8 Å². The maximum atomic E-state index is 13.1. The van der Waals surface area contributed by atoms with Gasteiger partial charge < -0.3 is 14.7 Å². The second kappa shape index (κ2) is 8.88. The first kappa shape index (κ1) is 21.8. The summed E-state index contributed by atoms with van der Waals surface area (Å²) in [5, 5.41) is 22.2. The molecule has 11 heteroatoms. The second-order valence-electron chi connectivity index (χ2n) is 7.19. The molecule has 11 nitrogen and oxygen atoms in total. The Kier molecular flexibility index (Phi) is 6.25. The van der Waals surface area contributed by atoms with Crippen molar-refractivity contribution in [3.8, 4) is 0 Å². The predicted molar refractivity (Wildman–Crippen MR) is 112 cm³/mol. The molecule has 0 saturated carbocycles. The molecule has 1 fully saturated rings. The lowest BCUT2D eigenvalue weighted by molar-refractivity contribution is -0.422. The van der Waals surface area contributed by atoms with E-state index in [0.29, 0.717) is 24.3 Å². The van der Waals surface area contributed by atoms with Gasteiger partial charge in [0.1, 0.15) is 0 Å². The summed E-state index contributed by atoms with van der Waals surface area (Å²) in [4.78, 5) is 51.5. The molecule has 0 atom stereocenters. The van der Waals surface area contributed by atoms with Crippen LogP contribution >= 0.6 is 0 Å². The molecule has 1 aliphatic heterocycles. The molecular weight excluding hydrogens is 406 g/mol. The number of hydrogen-bond donors (Lipinski definition) is 0. The van der Waals surface area contributed by atoms with Gasteiger partial charge in [0, 0.05) is 50.9 Å². The number of piperazine rings is 1. The Balaban J connectivity index is 1.92. The number of likely N-dealkylation sites (N-methyl/N-ethyl adjacent to an activating group) is 1. The number of para-hydroxylation sites is 1. The standard InChI is InChI=1S/C20H21N5O6/c1-21-9-11-23(12-10-21)20(27)15-5-3-4-6-16(15)22(2)19(26)14-7-8-17(24(28)29)18(13-14)25(30)31/h3-8,13H,9-12H2,1-2H3. The SMILES string of the molecule is CN1CCN(C(=O)c2ccccc2N(C)C(=O)c2ccc([N+](=O)[O-])c([N+](=O)[O-])c2)CC1. The number of hydrogen-bond acceptors (Lipinski definition) is 7. The third kappa shape index (κ3) is 4.51. The lowest BCUT2D eigenvalue weighted by Crippen LogP contribution is -2.47. The van der Waals surface area contributed by atoms with Crippen molar-refractivity contribution in [2.75, 3.05) is 45.2 Å². The fraction of sp³-hybridized carbons (Fsp3) is 0.300. The summed E-state index contributed by atoms with van der Waals surface area (Å²) in [6.45, 7) is 2.62. The van der Waals surface area contributed by atoms with Gasteiger partial charge in [0.05, 0.1) is 21.1 Å². The third-order valence-corrected chi connectivity index (χ3v) is 5.21. The minimum absolute atomic E-state index is 0.0957. The minimum Gasteiger partial charge on any atom is -0.336 e. The van der Waals surface area contributed by atoms with E-state index >= 15 is 0 Å². The van der Waals surface area contributed by atoms with Crippen molar-refractivity contribution >= 4 is 28.9 Å². The fourth-order valence-electron chi connectivity index (χ4n) is 3.39. The maximum Gasteiger partial charge on any atom is 0.346 e.